The summed E-state index contributed by atoms with van der Waals surface area (Å²) in [4.78, 5) is 11.7. The molecule has 1 unspecified atom stereocenters. The van der Waals surface area contributed by atoms with Gasteiger partial charge in [0.1, 0.15) is 5.75 Å². The second-order valence-corrected chi connectivity index (χ2v) is 5.13. The summed E-state index contributed by atoms with van der Waals surface area (Å²) in [5.41, 5.74) is 6.23. The van der Waals surface area contributed by atoms with Gasteiger partial charge in [-0.1, -0.05) is 19.1 Å². The van der Waals surface area contributed by atoms with Crippen LogP contribution in [0.4, 0.5) is 5.69 Å². The highest BCUT2D eigenvalue weighted by molar-refractivity contribution is 7.99. The molecule has 1 amide bonds. The normalized spacial score (nSPS) is 11.9. The van der Waals surface area contributed by atoms with Crippen LogP contribution in [0.15, 0.2) is 24.3 Å². The van der Waals surface area contributed by atoms with E-state index >= 15 is 0 Å². The number of nitrogens with two attached hydrogens (primary N) is 1. The van der Waals surface area contributed by atoms with E-state index in [4.69, 9.17) is 10.5 Å². The Balaban J connectivity index is 2.40. The molecule has 4 nitrogen and oxygen atoms in total. The second kappa shape index (κ2) is 8.00. The summed E-state index contributed by atoms with van der Waals surface area (Å²) in [6, 6.07) is 7.37. The van der Waals surface area contributed by atoms with Crippen LogP contribution in [0, 0.1) is 5.92 Å². The van der Waals surface area contributed by atoms with Crippen molar-refractivity contribution in [1.29, 1.82) is 0 Å². The van der Waals surface area contributed by atoms with Crippen molar-refractivity contribution in [3.8, 4) is 5.75 Å². The molecule has 1 rings (SSSR count). The predicted molar refractivity (Wildman–Crippen MR) is 77.2 cm³/mol. The summed E-state index contributed by atoms with van der Waals surface area (Å²) < 4.78 is 5.17. The predicted octanol–water partition coefficient (Wildman–Crippen LogP) is 1.96. The molecule has 5 heteroatoms. The van der Waals surface area contributed by atoms with Crippen molar-refractivity contribution in [3.05, 3.63) is 24.3 Å². The average Bonchev–Trinajstić information content (AvgIpc) is 2.39. The fourth-order valence-electron chi connectivity index (χ4n) is 1.36. The number of carbonyl (C=O) groups excluding carboxylic acids is 1. The number of carbonyl (C=O) groups is 1. The number of ether oxygens (including phenoxy) is 1. The van der Waals surface area contributed by atoms with Gasteiger partial charge in [-0.3, -0.25) is 4.79 Å². The Morgan fingerprint density at radius 1 is 1.50 bits per heavy atom. The maximum atomic E-state index is 11.7. The molecule has 0 aliphatic rings. The number of hydrogen-bond acceptors (Lipinski definition) is 4. The Morgan fingerprint density at radius 2 is 2.22 bits per heavy atom. The fraction of sp³-hybridized carbons (Fsp3) is 0.462. The van der Waals surface area contributed by atoms with E-state index in [1.807, 2.05) is 24.3 Å². The van der Waals surface area contributed by atoms with E-state index in [9.17, 15) is 4.79 Å². The third-order valence-corrected chi connectivity index (χ3v) is 3.69. The summed E-state index contributed by atoms with van der Waals surface area (Å²) in [5.74, 6) is 2.42. The first-order valence-corrected chi connectivity index (χ1v) is 7.03. The Kier molecular flexibility index (Phi) is 6.60. The van der Waals surface area contributed by atoms with Crippen molar-refractivity contribution < 1.29 is 9.53 Å². The first-order chi connectivity index (χ1) is 8.67. The Hall–Kier alpha value is -1.20. The number of methoxy groups -OCH3 is 1. The first-order valence-electron chi connectivity index (χ1n) is 5.88. The monoisotopic (exact) mass is 268 g/mol. The molecule has 1 aromatic carbocycles. The van der Waals surface area contributed by atoms with E-state index in [1.54, 1.807) is 18.9 Å². The minimum absolute atomic E-state index is 0.0197. The van der Waals surface area contributed by atoms with E-state index < -0.39 is 0 Å². The molecule has 0 aromatic heterocycles. The molecule has 1 aromatic rings. The standard InChI is InChI=1S/C13H20N2O2S/c1-10(7-14)8-18-9-13(16)15-11-5-3-4-6-12(11)17-2/h3-6,10H,7-9,14H2,1-2H3,(H,15,16). The van der Waals surface area contributed by atoms with Gasteiger partial charge in [0.05, 0.1) is 18.6 Å². The van der Waals surface area contributed by atoms with Crippen LogP contribution >= 0.6 is 11.8 Å². The van der Waals surface area contributed by atoms with Crippen LogP contribution in [0.3, 0.4) is 0 Å². The Morgan fingerprint density at radius 3 is 2.89 bits per heavy atom. The number of rotatable bonds is 7. The lowest BCUT2D eigenvalue weighted by atomic mass is 10.2. The number of hydrogen-bond donors (Lipinski definition) is 2. The van der Waals surface area contributed by atoms with Gasteiger partial charge in [-0.2, -0.15) is 11.8 Å². The van der Waals surface area contributed by atoms with E-state index in [-0.39, 0.29) is 5.91 Å². The van der Waals surface area contributed by atoms with Gasteiger partial charge < -0.3 is 15.8 Å². The highest BCUT2D eigenvalue weighted by atomic mass is 32.2. The van der Waals surface area contributed by atoms with Gasteiger partial charge in [0.15, 0.2) is 0 Å². The van der Waals surface area contributed by atoms with E-state index in [2.05, 4.69) is 12.2 Å². The lowest BCUT2D eigenvalue weighted by Gasteiger charge is -2.10. The SMILES string of the molecule is COc1ccccc1NC(=O)CSCC(C)CN. The fourth-order valence-corrected chi connectivity index (χ4v) is 2.27. The summed E-state index contributed by atoms with van der Waals surface area (Å²) in [7, 11) is 1.59. The molecule has 0 spiro atoms. The van der Waals surface area contributed by atoms with Gasteiger partial charge in [0, 0.05) is 0 Å². The molecule has 0 aliphatic heterocycles. The third kappa shape index (κ3) is 4.98. The zero-order valence-corrected chi connectivity index (χ0v) is 11.6. The van der Waals surface area contributed by atoms with Gasteiger partial charge in [0.25, 0.3) is 0 Å². The highest BCUT2D eigenvalue weighted by Gasteiger charge is 2.07. The zero-order chi connectivity index (χ0) is 13.4. The third-order valence-electron chi connectivity index (χ3n) is 2.42. The zero-order valence-electron chi connectivity index (χ0n) is 10.8. The molecular weight excluding hydrogens is 248 g/mol. The van der Waals surface area contributed by atoms with Gasteiger partial charge in [-0.15, -0.1) is 0 Å². The van der Waals surface area contributed by atoms with Crippen LogP contribution in [0.1, 0.15) is 6.92 Å². The number of amides is 1. The number of benzene rings is 1. The molecule has 18 heavy (non-hydrogen) atoms. The van der Waals surface area contributed by atoms with E-state index in [0.29, 0.717) is 29.7 Å². The van der Waals surface area contributed by atoms with Crippen LogP contribution < -0.4 is 15.8 Å². The Labute approximate surface area is 112 Å². The van der Waals surface area contributed by atoms with Gasteiger partial charge in [-0.05, 0) is 30.3 Å². The molecule has 100 valence electrons. The summed E-state index contributed by atoms with van der Waals surface area (Å²) in [6.45, 7) is 2.73. The number of para-hydroxylation sites is 2. The van der Waals surface area contributed by atoms with Crippen LogP contribution in [-0.4, -0.2) is 31.1 Å². The molecule has 0 heterocycles. The topological polar surface area (TPSA) is 64.3 Å². The molecule has 0 fully saturated rings. The molecular formula is C13H20N2O2S. The van der Waals surface area contributed by atoms with Crippen LogP contribution in [0.2, 0.25) is 0 Å². The van der Waals surface area contributed by atoms with Crippen LogP contribution in [-0.2, 0) is 4.79 Å². The minimum atomic E-state index is -0.0197. The molecule has 0 aliphatic carbocycles. The van der Waals surface area contributed by atoms with Crippen LogP contribution in [0.25, 0.3) is 0 Å². The number of thioether (sulfide) groups is 1. The Bertz CT molecular complexity index is 385. The van der Waals surface area contributed by atoms with Crippen molar-refractivity contribution in [2.75, 3.05) is 30.5 Å². The molecule has 0 radical (unpaired) electrons. The largest absolute Gasteiger partial charge is 0.495 e. The average molecular weight is 268 g/mol. The summed E-state index contributed by atoms with van der Waals surface area (Å²) in [6.07, 6.45) is 0. The maximum Gasteiger partial charge on any atom is 0.234 e. The van der Waals surface area contributed by atoms with Crippen molar-refractivity contribution in [2.45, 2.75) is 6.92 Å². The van der Waals surface area contributed by atoms with Crippen molar-refractivity contribution in [1.82, 2.24) is 0 Å². The minimum Gasteiger partial charge on any atom is -0.495 e. The second-order valence-electron chi connectivity index (χ2n) is 4.10. The molecule has 0 saturated heterocycles. The highest BCUT2D eigenvalue weighted by Crippen LogP contribution is 2.23. The maximum absolute atomic E-state index is 11.7. The van der Waals surface area contributed by atoms with Crippen molar-refractivity contribution in [2.24, 2.45) is 11.7 Å². The number of anilines is 1. The van der Waals surface area contributed by atoms with Crippen LogP contribution in [0.5, 0.6) is 5.75 Å². The first kappa shape index (κ1) is 14.9. The smallest absolute Gasteiger partial charge is 0.234 e. The van der Waals surface area contributed by atoms with Crippen molar-refractivity contribution in [3.63, 3.8) is 0 Å². The van der Waals surface area contributed by atoms with E-state index in [1.165, 1.54) is 0 Å². The molecule has 0 saturated carbocycles. The van der Waals surface area contributed by atoms with Gasteiger partial charge >= 0.3 is 0 Å². The molecule has 0 bridgehead atoms. The summed E-state index contributed by atoms with van der Waals surface area (Å²) in [5, 5.41) is 2.84. The van der Waals surface area contributed by atoms with E-state index in [0.717, 1.165) is 5.75 Å². The van der Waals surface area contributed by atoms with Gasteiger partial charge in [0.2, 0.25) is 5.91 Å². The van der Waals surface area contributed by atoms with Crippen molar-refractivity contribution >= 4 is 23.4 Å². The lowest BCUT2D eigenvalue weighted by molar-refractivity contribution is -0.113. The lowest BCUT2D eigenvalue weighted by Crippen LogP contribution is -2.17. The molecule has 1 atom stereocenters. The summed E-state index contributed by atoms with van der Waals surface area (Å²) >= 11 is 1.59. The molecule has 3 N–H and O–H groups in total. The number of nitrogens with one attached hydrogen (secondary N) is 1. The van der Waals surface area contributed by atoms with Gasteiger partial charge in [-0.25, -0.2) is 0 Å². The quantitative estimate of drug-likeness (QED) is 0.793.